The van der Waals surface area contributed by atoms with Gasteiger partial charge in [-0.05, 0) is 38.0 Å². The van der Waals surface area contributed by atoms with Gasteiger partial charge in [-0.15, -0.1) is 0 Å². The number of rotatable bonds is 2. The molecule has 1 fully saturated rings. The molecule has 0 aliphatic carbocycles. The van der Waals surface area contributed by atoms with E-state index in [1.54, 1.807) is 18.2 Å². The van der Waals surface area contributed by atoms with Gasteiger partial charge in [0, 0.05) is 5.69 Å². The van der Waals surface area contributed by atoms with Crippen LogP contribution in [0.15, 0.2) is 18.2 Å². The number of nitrogens with one attached hydrogen (secondary N) is 1. The molecule has 1 saturated heterocycles. The molecule has 4 unspecified atom stereocenters. The summed E-state index contributed by atoms with van der Waals surface area (Å²) < 4.78 is 5.68. The number of ether oxygens (including phenoxy) is 1. The highest BCUT2D eigenvalue weighted by atomic mass is 35.5. The Hall–Kier alpha value is -1.26. The number of anilines is 2. The van der Waals surface area contributed by atoms with Crippen LogP contribution in [-0.4, -0.2) is 18.1 Å². The van der Waals surface area contributed by atoms with Crippen molar-refractivity contribution in [2.24, 2.45) is 11.8 Å². The van der Waals surface area contributed by atoms with Gasteiger partial charge in [-0.2, -0.15) is 0 Å². The predicted molar refractivity (Wildman–Crippen MR) is 77.2 cm³/mol. The number of hydrogen-bond acceptors (Lipinski definition) is 3. The molecular weight excluding hydrogens is 264 g/mol. The molecule has 0 saturated carbocycles. The van der Waals surface area contributed by atoms with Gasteiger partial charge in [0.2, 0.25) is 5.91 Å². The van der Waals surface area contributed by atoms with Crippen molar-refractivity contribution in [3.05, 3.63) is 23.2 Å². The maximum atomic E-state index is 12.3. The van der Waals surface area contributed by atoms with E-state index in [4.69, 9.17) is 22.1 Å². The second-order valence-electron chi connectivity index (χ2n) is 5.16. The summed E-state index contributed by atoms with van der Waals surface area (Å²) in [5, 5.41) is 3.36. The summed E-state index contributed by atoms with van der Waals surface area (Å²) in [7, 11) is 0. The van der Waals surface area contributed by atoms with E-state index in [0.29, 0.717) is 16.4 Å². The summed E-state index contributed by atoms with van der Waals surface area (Å²) in [4.78, 5) is 12.3. The minimum absolute atomic E-state index is 0.0360. The van der Waals surface area contributed by atoms with Gasteiger partial charge >= 0.3 is 0 Å². The van der Waals surface area contributed by atoms with Crippen LogP contribution < -0.4 is 11.1 Å². The van der Waals surface area contributed by atoms with E-state index in [2.05, 4.69) is 5.32 Å². The van der Waals surface area contributed by atoms with Gasteiger partial charge in [-0.3, -0.25) is 4.79 Å². The zero-order valence-electron chi connectivity index (χ0n) is 11.3. The van der Waals surface area contributed by atoms with Gasteiger partial charge in [0.1, 0.15) is 0 Å². The molecule has 4 atom stereocenters. The third kappa shape index (κ3) is 2.85. The molecule has 2 rings (SSSR count). The number of amides is 1. The van der Waals surface area contributed by atoms with Crippen molar-refractivity contribution in [3.8, 4) is 0 Å². The molecule has 4 nitrogen and oxygen atoms in total. The number of carbonyl (C=O) groups is 1. The first-order valence-electron chi connectivity index (χ1n) is 6.41. The molecular formula is C14H19ClN2O2. The quantitative estimate of drug-likeness (QED) is 0.820. The zero-order valence-corrected chi connectivity index (χ0v) is 12.1. The molecule has 104 valence electrons. The number of benzene rings is 1. The highest BCUT2D eigenvalue weighted by molar-refractivity contribution is 6.33. The van der Waals surface area contributed by atoms with E-state index in [1.807, 2.05) is 20.8 Å². The monoisotopic (exact) mass is 282 g/mol. The van der Waals surface area contributed by atoms with Crippen LogP contribution in [0.2, 0.25) is 5.02 Å². The first kappa shape index (κ1) is 14.2. The molecule has 3 N–H and O–H groups in total. The number of halogens is 1. The van der Waals surface area contributed by atoms with Crippen molar-refractivity contribution in [1.29, 1.82) is 0 Å². The lowest BCUT2D eigenvalue weighted by atomic mass is 9.89. The highest BCUT2D eigenvalue weighted by Crippen LogP contribution is 2.33. The van der Waals surface area contributed by atoms with Crippen molar-refractivity contribution < 1.29 is 9.53 Å². The van der Waals surface area contributed by atoms with Gasteiger partial charge in [-0.25, -0.2) is 0 Å². The second kappa shape index (κ2) is 5.39. The van der Waals surface area contributed by atoms with Crippen LogP contribution in [0.4, 0.5) is 11.4 Å². The van der Waals surface area contributed by atoms with Crippen LogP contribution in [-0.2, 0) is 9.53 Å². The van der Waals surface area contributed by atoms with E-state index in [9.17, 15) is 4.79 Å². The summed E-state index contributed by atoms with van der Waals surface area (Å²) in [5.41, 5.74) is 6.83. The molecule has 1 heterocycles. The summed E-state index contributed by atoms with van der Waals surface area (Å²) in [5.74, 6) is 0.0117. The Morgan fingerprint density at radius 2 is 2.00 bits per heavy atom. The summed E-state index contributed by atoms with van der Waals surface area (Å²) >= 11 is 5.85. The van der Waals surface area contributed by atoms with E-state index < -0.39 is 0 Å². The van der Waals surface area contributed by atoms with Crippen molar-refractivity contribution in [1.82, 2.24) is 0 Å². The third-order valence-electron chi connectivity index (χ3n) is 3.81. The molecule has 0 radical (unpaired) electrons. The number of nitrogens with two attached hydrogens (primary N) is 1. The molecule has 5 heteroatoms. The average molecular weight is 283 g/mol. The normalized spacial score (nSPS) is 30.3. The van der Waals surface area contributed by atoms with E-state index in [-0.39, 0.29) is 30.0 Å². The Labute approximate surface area is 118 Å². The average Bonchev–Trinajstić information content (AvgIpc) is 2.58. The van der Waals surface area contributed by atoms with Gasteiger partial charge in [0.25, 0.3) is 0 Å². The van der Waals surface area contributed by atoms with Crippen molar-refractivity contribution in [2.45, 2.75) is 33.0 Å². The Balaban J connectivity index is 2.10. The largest absolute Gasteiger partial charge is 0.397 e. The molecule has 19 heavy (non-hydrogen) atoms. The highest BCUT2D eigenvalue weighted by Gasteiger charge is 2.41. The summed E-state index contributed by atoms with van der Waals surface area (Å²) in [6.45, 7) is 5.96. The smallest absolute Gasteiger partial charge is 0.230 e. The van der Waals surface area contributed by atoms with Gasteiger partial charge in [0.05, 0.1) is 28.8 Å². The van der Waals surface area contributed by atoms with Gasteiger partial charge in [0.15, 0.2) is 0 Å². The fourth-order valence-electron chi connectivity index (χ4n) is 2.57. The number of hydrogen-bond donors (Lipinski definition) is 2. The van der Waals surface area contributed by atoms with Crippen LogP contribution in [0.1, 0.15) is 20.8 Å². The molecule has 1 aromatic rings. The molecule has 0 spiro atoms. The maximum absolute atomic E-state index is 12.3. The van der Waals surface area contributed by atoms with E-state index >= 15 is 0 Å². The maximum Gasteiger partial charge on any atom is 0.230 e. The summed E-state index contributed by atoms with van der Waals surface area (Å²) in [6.07, 6.45) is 0.0238. The molecule has 1 aliphatic rings. The zero-order chi connectivity index (χ0) is 14.2. The number of nitrogen functional groups attached to an aromatic ring is 1. The Bertz CT molecular complexity index is 492. The minimum Gasteiger partial charge on any atom is -0.397 e. The molecule has 0 aromatic heterocycles. The lowest BCUT2D eigenvalue weighted by molar-refractivity contribution is -0.121. The fourth-order valence-corrected chi connectivity index (χ4v) is 2.68. The van der Waals surface area contributed by atoms with Crippen molar-refractivity contribution in [2.75, 3.05) is 11.1 Å². The standard InChI is InChI=1S/C14H19ClN2O2/c1-7-8(2)19-9(3)13(7)14(18)17-10-4-5-11(15)12(16)6-10/h4-9,13H,16H2,1-3H3,(H,17,18). The molecule has 1 amide bonds. The Morgan fingerprint density at radius 3 is 2.53 bits per heavy atom. The van der Waals surface area contributed by atoms with Gasteiger partial charge in [-0.1, -0.05) is 18.5 Å². The fraction of sp³-hybridized carbons (Fsp3) is 0.500. The molecule has 1 aliphatic heterocycles. The number of carbonyl (C=O) groups excluding carboxylic acids is 1. The molecule has 0 bridgehead atoms. The lowest BCUT2D eigenvalue weighted by Crippen LogP contribution is -2.31. The van der Waals surface area contributed by atoms with Crippen LogP contribution >= 0.6 is 11.6 Å². The second-order valence-corrected chi connectivity index (χ2v) is 5.56. The SMILES string of the molecule is CC1OC(C)C(C(=O)Nc2ccc(Cl)c(N)c2)C1C. The van der Waals surface area contributed by atoms with Crippen LogP contribution in [0.5, 0.6) is 0 Å². The predicted octanol–water partition coefficient (Wildman–Crippen LogP) is 2.92. The first-order valence-corrected chi connectivity index (χ1v) is 6.79. The van der Waals surface area contributed by atoms with Crippen molar-refractivity contribution in [3.63, 3.8) is 0 Å². The Kier molecular flexibility index (Phi) is 4.02. The van der Waals surface area contributed by atoms with E-state index in [1.165, 1.54) is 0 Å². The third-order valence-corrected chi connectivity index (χ3v) is 4.15. The minimum atomic E-state index is -0.146. The van der Waals surface area contributed by atoms with E-state index in [0.717, 1.165) is 0 Å². The summed E-state index contributed by atoms with van der Waals surface area (Å²) in [6, 6.07) is 5.08. The first-order chi connectivity index (χ1) is 8.90. The topological polar surface area (TPSA) is 64.3 Å². The lowest BCUT2D eigenvalue weighted by Gasteiger charge is -2.18. The molecule has 1 aromatic carbocycles. The van der Waals surface area contributed by atoms with Crippen LogP contribution in [0.3, 0.4) is 0 Å². The Morgan fingerprint density at radius 1 is 1.32 bits per heavy atom. The van der Waals surface area contributed by atoms with Crippen LogP contribution in [0.25, 0.3) is 0 Å². The van der Waals surface area contributed by atoms with Crippen molar-refractivity contribution >= 4 is 28.9 Å². The van der Waals surface area contributed by atoms with Gasteiger partial charge < -0.3 is 15.8 Å². The van der Waals surface area contributed by atoms with Crippen LogP contribution in [0, 0.1) is 11.8 Å².